The highest BCUT2D eigenvalue weighted by molar-refractivity contribution is 14.1. The van der Waals surface area contributed by atoms with E-state index in [0.29, 0.717) is 0 Å². The molecule has 0 fully saturated rings. The van der Waals surface area contributed by atoms with Crippen molar-refractivity contribution in [3.63, 3.8) is 0 Å². The standard InChI is InChI=1S/C7H11IO/c1-2-3-6-9-7-4-5-8/h2-3,5-6H2,1H3. The maximum Gasteiger partial charge on any atom is 0.110 e. The average Bonchev–Trinajstić information content (AvgIpc) is 1.89. The minimum absolute atomic E-state index is 0.778. The molecule has 0 atom stereocenters. The van der Waals surface area contributed by atoms with Gasteiger partial charge >= 0.3 is 0 Å². The maximum atomic E-state index is 4.95. The Hall–Kier alpha value is 0.0900. The number of ether oxygens (including phenoxy) is 1. The number of unbranched alkanes of at least 4 members (excludes halogenated alkanes) is 1. The zero-order valence-electron chi connectivity index (χ0n) is 5.61. The Morgan fingerprint density at radius 3 is 2.89 bits per heavy atom. The van der Waals surface area contributed by atoms with Crippen LogP contribution in [0.1, 0.15) is 19.8 Å². The zero-order chi connectivity index (χ0) is 6.95. The monoisotopic (exact) mass is 238 g/mol. The SMILES string of the molecule is CCCCOC#CCI. The molecule has 0 saturated carbocycles. The van der Waals surface area contributed by atoms with Gasteiger partial charge in [-0.3, -0.25) is 0 Å². The Balaban J connectivity index is 2.90. The molecule has 0 spiro atoms. The van der Waals surface area contributed by atoms with Crippen molar-refractivity contribution in [1.29, 1.82) is 0 Å². The van der Waals surface area contributed by atoms with Crippen molar-refractivity contribution in [2.75, 3.05) is 11.0 Å². The zero-order valence-corrected chi connectivity index (χ0v) is 7.77. The van der Waals surface area contributed by atoms with Crippen LogP contribution in [0.15, 0.2) is 0 Å². The molecule has 0 radical (unpaired) electrons. The van der Waals surface area contributed by atoms with Crippen molar-refractivity contribution in [1.82, 2.24) is 0 Å². The summed E-state index contributed by atoms with van der Waals surface area (Å²) in [6, 6.07) is 0. The molecule has 9 heavy (non-hydrogen) atoms. The molecule has 1 nitrogen and oxygen atoms in total. The minimum atomic E-state index is 0.778. The van der Waals surface area contributed by atoms with E-state index in [1.807, 2.05) is 0 Å². The molecule has 0 aromatic carbocycles. The van der Waals surface area contributed by atoms with Gasteiger partial charge in [-0.25, -0.2) is 0 Å². The number of halogens is 1. The van der Waals surface area contributed by atoms with Crippen LogP contribution in [0.5, 0.6) is 0 Å². The van der Waals surface area contributed by atoms with E-state index in [1.54, 1.807) is 0 Å². The van der Waals surface area contributed by atoms with Crippen LogP contribution in [0.4, 0.5) is 0 Å². The Labute approximate surface area is 70.3 Å². The molecule has 0 N–H and O–H groups in total. The van der Waals surface area contributed by atoms with E-state index >= 15 is 0 Å². The first-order valence-electron chi connectivity index (χ1n) is 3.07. The van der Waals surface area contributed by atoms with E-state index in [9.17, 15) is 0 Å². The molecule has 0 amide bonds. The highest BCUT2D eigenvalue weighted by Gasteiger charge is 1.78. The van der Waals surface area contributed by atoms with E-state index in [4.69, 9.17) is 4.74 Å². The maximum absolute atomic E-state index is 4.95. The third kappa shape index (κ3) is 8.09. The van der Waals surface area contributed by atoms with Gasteiger partial charge in [0.15, 0.2) is 0 Å². The predicted molar refractivity (Wildman–Crippen MR) is 47.5 cm³/mol. The molecule has 0 saturated heterocycles. The molecule has 0 aliphatic rings. The van der Waals surface area contributed by atoms with Crippen molar-refractivity contribution in [2.24, 2.45) is 0 Å². The van der Waals surface area contributed by atoms with Crippen molar-refractivity contribution in [3.8, 4) is 12.0 Å². The molecule has 0 bridgehead atoms. The molecule has 0 heterocycles. The van der Waals surface area contributed by atoms with Crippen molar-refractivity contribution in [3.05, 3.63) is 0 Å². The number of alkyl halides is 1. The summed E-state index contributed by atoms with van der Waals surface area (Å²) in [6.45, 7) is 2.91. The Morgan fingerprint density at radius 1 is 1.56 bits per heavy atom. The fourth-order valence-electron chi connectivity index (χ4n) is 0.346. The Kier molecular flexibility index (Phi) is 8.17. The van der Waals surface area contributed by atoms with Gasteiger partial charge < -0.3 is 4.74 Å². The summed E-state index contributed by atoms with van der Waals surface area (Å²) < 4.78 is 5.80. The molecule has 2 heteroatoms. The first-order valence-corrected chi connectivity index (χ1v) is 4.60. The molecule has 0 aliphatic carbocycles. The quantitative estimate of drug-likeness (QED) is 0.317. The Morgan fingerprint density at radius 2 is 2.33 bits per heavy atom. The summed E-state index contributed by atoms with van der Waals surface area (Å²) >= 11 is 2.19. The van der Waals surface area contributed by atoms with Crippen LogP contribution in [0.3, 0.4) is 0 Å². The van der Waals surface area contributed by atoms with Gasteiger partial charge in [-0.1, -0.05) is 35.9 Å². The lowest BCUT2D eigenvalue weighted by Crippen LogP contribution is -1.85. The summed E-state index contributed by atoms with van der Waals surface area (Å²) in [5, 5.41) is 0. The lowest BCUT2D eigenvalue weighted by Gasteiger charge is -1.91. The van der Waals surface area contributed by atoms with Gasteiger partial charge in [0, 0.05) is 0 Å². The first kappa shape index (κ1) is 9.09. The molecule has 0 aliphatic heterocycles. The van der Waals surface area contributed by atoms with Crippen LogP contribution in [-0.2, 0) is 4.74 Å². The summed E-state index contributed by atoms with van der Waals surface area (Å²) in [5.74, 6) is 2.82. The molecular weight excluding hydrogens is 227 g/mol. The van der Waals surface area contributed by atoms with Gasteiger partial charge in [-0.05, 0) is 12.3 Å². The third-order valence-corrected chi connectivity index (χ3v) is 1.19. The van der Waals surface area contributed by atoms with Gasteiger partial charge in [0.05, 0.1) is 4.43 Å². The minimum Gasteiger partial charge on any atom is -0.447 e. The van der Waals surface area contributed by atoms with Gasteiger partial charge in [0.2, 0.25) is 0 Å². The van der Waals surface area contributed by atoms with Crippen LogP contribution in [-0.4, -0.2) is 11.0 Å². The Bertz CT molecular complexity index is 101. The van der Waals surface area contributed by atoms with E-state index in [1.165, 1.54) is 6.42 Å². The highest BCUT2D eigenvalue weighted by Crippen LogP contribution is 1.85. The third-order valence-electron chi connectivity index (χ3n) is 0.811. The second kappa shape index (κ2) is 8.09. The molecule has 52 valence electrons. The number of hydrogen-bond acceptors (Lipinski definition) is 1. The molecule has 0 unspecified atom stereocenters. The molecule has 0 aromatic heterocycles. The number of rotatable bonds is 3. The average molecular weight is 238 g/mol. The highest BCUT2D eigenvalue weighted by atomic mass is 127. The topological polar surface area (TPSA) is 9.23 Å². The second-order valence-electron chi connectivity index (χ2n) is 1.61. The van der Waals surface area contributed by atoms with E-state index in [0.717, 1.165) is 17.5 Å². The molecular formula is C7H11IO. The van der Waals surface area contributed by atoms with Crippen molar-refractivity contribution >= 4 is 22.6 Å². The summed E-state index contributed by atoms with van der Waals surface area (Å²) in [4.78, 5) is 0. The van der Waals surface area contributed by atoms with Crippen LogP contribution in [0, 0.1) is 12.0 Å². The van der Waals surface area contributed by atoms with Gasteiger partial charge in [-0.2, -0.15) is 0 Å². The van der Waals surface area contributed by atoms with Gasteiger partial charge in [-0.15, -0.1) is 0 Å². The van der Waals surface area contributed by atoms with E-state index in [-0.39, 0.29) is 0 Å². The fraction of sp³-hybridized carbons (Fsp3) is 0.714. The summed E-state index contributed by atoms with van der Waals surface area (Å²) in [6.07, 6.45) is 4.89. The predicted octanol–water partition coefficient (Wildman–Crippen LogP) is 2.20. The van der Waals surface area contributed by atoms with Crippen molar-refractivity contribution in [2.45, 2.75) is 19.8 Å². The first-order chi connectivity index (χ1) is 4.41. The van der Waals surface area contributed by atoms with Gasteiger partial charge in [0.1, 0.15) is 12.7 Å². The van der Waals surface area contributed by atoms with Crippen LogP contribution in [0.2, 0.25) is 0 Å². The normalized spacial score (nSPS) is 7.78. The van der Waals surface area contributed by atoms with E-state index in [2.05, 4.69) is 41.5 Å². The van der Waals surface area contributed by atoms with Crippen molar-refractivity contribution < 1.29 is 4.74 Å². The smallest absolute Gasteiger partial charge is 0.110 e. The van der Waals surface area contributed by atoms with Gasteiger partial charge in [0.25, 0.3) is 0 Å². The van der Waals surface area contributed by atoms with Crippen LogP contribution in [0.25, 0.3) is 0 Å². The number of hydrogen-bond donors (Lipinski definition) is 0. The molecule has 0 rings (SSSR count). The molecule has 0 aromatic rings. The summed E-state index contributed by atoms with van der Waals surface area (Å²) in [5.41, 5.74) is 0. The fourth-order valence-corrected chi connectivity index (χ4v) is 0.502. The second-order valence-corrected chi connectivity index (χ2v) is 2.38. The largest absolute Gasteiger partial charge is 0.447 e. The van der Waals surface area contributed by atoms with E-state index < -0.39 is 0 Å². The lowest BCUT2D eigenvalue weighted by molar-refractivity contribution is 0.271. The lowest BCUT2D eigenvalue weighted by atomic mass is 10.4. The summed E-state index contributed by atoms with van der Waals surface area (Å²) in [7, 11) is 0. The van der Waals surface area contributed by atoms with Crippen LogP contribution >= 0.6 is 22.6 Å². The van der Waals surface area contributed by atoms with Crippen LogP contribution < -0.4 is 0 Å².